The van der Waals surface area contributed by atoms with Crippen LogP contribution in [0.1, 0.15) is 32.1 Å². The van der Waals surface area contributed by atoms with Crippen molar-refractivity contribution in [1.29, 1.82) is 0 Å². The van der Waals surface area contributed by atoms with Gasteiger partial charge in [-0.3, -0.25) is 28.4 Å². The summed E-state index contributed by atoms with van der Waals surface area (Å²) in [5, 5.41) is 20.6. The Hall–Kier alpha value is -2.29. The van der Waals surface area contributed by atoms with Crippen LogP contribution in [0.4, 0.5) is 0 Å². The third kappa shape index (κ3) is 9.17. The largest absolute Gasteiger partial charge is 0.480 e. The summed E-state index contributed by atoms with van der Waals surface area (Å²) in [6.07, 6.45) is 2.53. The molecule has 5 N–H and O–H groups in total. The first-order valence-corrected chi connectivity index (χ1v) is 10.3. The van der Waals surface area contributed by atoms with Gasteiger partial charge in [-0.1, -0.05) is 0 Å². The van der Waals surface area contributed by atoms with E-state index in [4.69, 9.17) is 27.7 Å². The van der Waals surface area contributed by atoms with Gasteiger partial charge in [-0.05, 0) is 32.2 Å². The first-order valence-electron chi connectivity index (χ1n) is 8.86. The van der Waals surface area contributed by atoms with Crippen molar-refractivity contribution in [3.8, 4) is 0 Å². The summed E-state index contributed by atoms with van der Waals surface area (Å²) in [6.45, 7) is 0.944. The van der Waals surface area contributed by atoms with Crippen LogP contribution in [-0.2, 0) is 29.6 Å². The highest BCUT2D eigenvalue weighted by Gasteiger charge is 2.34. The number of carboxylic acid groups (broad SMARTS) is 2. The zero-order valence-corrected chi connectivity index (χ0v) is 16.4. The lowest BCUT2D eigenvalue weighted by molar-refractivity contribution is -0.148. The van der Waals surface area contributed by atoms with Crippen molar-refractivity contribution >= 4 is 34.2 Å². The van der Waals surface area contributed by atoms with E-state index in [1.54, 1.807) is 4.90 Å². The predicted molar refractivity (Wildman–Crippen MR) is 96.4 cm³/mol. The molecule has 166 valence electrons. The molecule has 2 fully saturated rings. The fourth-order valence-corrected chi connectivity index (χ4v) is 3.36. The number of hydrogen-bond acceptors (Lipinski definition) is 7. The van der Waals surface area contributed by atoms with Crippen LogP contribution in [0.3, 0.4) is 0 Å². The number of aliphatic carboxylic acids is 2. The molecule has 0 unspecified atom stereocenters. The third-order valence-electron chi connectivity index (χ3n) is 4.50. The lowest BCUT2D eigenvalue weighted by atomic mass is 10.2. The van der Waals surface area contributed by atoms with E-state index in [2.05, 4.69) is 5.32 Å². The van der Waals surface area contributed by atoms with E-state index in [0.29, 0.717) is 32.4 Å². The average molecular weight is 439 g/mol. The van der Waals surface area contributed by atoms with E-state index >= 15 is 0 Å². The molecule has 2 heterocycles. The molecular formula is C15H25N3O10S. The highest BCUT2D eigenvalue weighted by Crippen LogP contribution is 2.19. The van der Waals surface area contributed by atoms with Crippen LogP contribution in [0.15, 0.2) is 0 Å². The smallest absolute Gasteiger partial charge is 0.394 e. The van der Waals surface area contributed by atoms with E-state index in [1.807, 2.05) is 0 Å². The second-order valence-electron chi connectivity index (χ2n) is 6.59. The van der Waals surface area contributed by atoms with Crippen LogP contribution in [0.5, 0.6) is 0 Å². The first kappa shape index (κ1) is 24.7. The van der Waals surface area contributed by atoms with Gasteiger partial charge in [-0.25, -0.2) is 4.79 Å². The monoisotopic (exact) mass is 439 g/mol. The zero-order chi connectivity index (χ0) is 22.2. The van der Waals surface area contributed by atoms with Gasteiger partial charge in [0, 0.05) is 19.5 Å². The van der Waals surface area contributed by atoms with E-state index in [9.17, 15) is 19.2 Å². The number of amides is 2. The lowest BCUT2D eigenvalue weighted by Crippen LogP contribution is -2.46. The van der Waals surface area contributed by atoms with Gasteiger partial charge in [0.15, 0.2) is 0 Å². The van der Waals surface area contributed by atoms with Crippen LogP contribution in [0.2, 0.25) is 0 Å². The summed E-state index contributed by atoms with van der Waals surface area (Å²) in [7, 11) is -4.67. The second kappa shape index (κ2) is 11.0. The molecular weight excluding hydrogens is 414 g/mol. The number of hydrogen-bond donors (Lipinski definition) is 5. The van der Waals surface area contributed by atoms with Gasteiger partial charge in [0.05, 0.1) is 12.6 Å². The number of carbonyl (C=O) groups excluding carboxylic acids is 2. The van der Waals surface area contributed by atoms with Gasteiger partial charge in [-0.2, -0.15) is 8.42 Å². The van der Waals surface area contributed by atoms with Crippen molar-refractivity contribution in [2.45, 2.75) is 44.2 Å². The number of rotatable bonds is 7. The molecule has 13 nitrogen and oxygen atoms in total. The molecule has 2 aliphatic rings. The predicted octanol–water partition coefficient (Wildman–Crippen LogP) is -1.54. The maximum absolute atomic E-state index is 12.1. The Labute approximate surface area is 167 Å². The maximum Gasteiger partial charge on any atom is 0.394 e. The number of likely N-dealkylation sites (tertiary alicyclic amines) is 2. The molecule has 2 aliphatic heterocycles. The minimum atomic E-state index is -4.67. The van der Waals surface area contributed by atoms with Crippen LogP contribution in [0, 0.1) is 0 Å². The molecule has 2 amide bonds. The van der Waals surface area contributed by atoms with Gasteiger partial charge >= 0.3 is 22.3 Å². The fourth-order valence-electron chi connectivity index (χ4n) is 3.36. The topological polar surface area (TPSA) is 202 Å². The molecule has 0 aromatic heterocycles. The molecule has 0 saturated carbocycles. The highest BCUT2D eigenvalue weighted by molar-refractivity contribution is 7.79. The number of carbonyl (C=O) groups is 4. The zero-order valence-electron chi connectivity index (χ0n) is 15.6. The summed E-state index contributed by atoms with van der Waals surface area (Å²) < 4.78 is 31.6. The minimum Gasteiger partial charge on any atom is -0.480 e. The van der Waals surface area contributed by atoms with Crippen LogP contribution in [0.25, 0.3) is 0 Å². The van der Waals surface area contributed by atoms with Crippen LogP contribution >= 0.6 is 0 Å². The van der Waals surface area contributed by atoms with E-state index < -0.39 is 34.4 Å². The maximum atomic E-state index is 12.1. The van der Waals surface area contributed by atoms with Gasteiger partial charge in [-0.15, -0.1) is 0 Å². The molecule has 2 saturated heterocycles. The average Bonchev–Trinajstić information content (AvgIpc) is 3.21. The van der Waals surface area contributed by atoms with Gasteiger partial charge in [0.25, 0.3) is 0 Å². The van der Waals surface area contributed by atoms with E-state index in [0.717, 1.165) is 6.42 Å². The molecule has 0 aliphatic carbocycles. The Balaban J connectivity index is 0.000000749. The van der Waals surface area contributed by atoms with E-state index in [-0.39, 0.29) is 31.3 Å². The molecule has 14 heteroatoms. The Morgan fingerprint density at radius 3 is 2.07 bits per heavy atom. The summed E-state index contributed by atoms with van der Waals surface area (Å²) >= 11 is 0. The normalized spacial score (nSPS) is 21.9. The number of carboxylic acids is 2. The summed E-state index contributed by atoms with van der Waals surface area (Å²) in [6, 6.07) is -1.25. The van der Waals surface area contributed by atoms with Gasteiger partial charge < -0.3 is 20.4 Å². The Morgan fingerprint density at radius 2 is 1.52 bits per heavy atom. The molecule has 2 atom stereocenters. The minimum absolute atomic E-state index is 0.0428. The molecule has 2 rings (SSSR count). The number of nitrogens with zero attached hydrogens (tertiary/aromatic N) is 2. The molecule has 0 bridgehead atoms. The van der Waals surface area contributed by atoms with Crippen molar-refractivity contribution < 1.29 is 46.9 Å². The van der Waals surface area contributed by atoms with Crippen molar-refractivity contribution in [2.75, 3.05) is 26.2 Å². The van der Waals surface area contributed by atoms with Crippen LogP contribution < -0.4 is 5.32 Å². The SMILES string of the molecule is O=C(O)CN1CCC[C@H]1C(=O)NCCC(=O)N1CCC[C@H]1C(=O)O.O=S(=O)(O)O. The van der Waals surface area contributed by atoms with Crippen molar-refractivity contribution in [1.82, 2.24) is 15.1 Å². The highest BCUT2D eigenvalue weighted by atomic mass is 32.3. The summed E-state index contributed by atoms with van der Waals surface area (Å²) in [4.78, 5) is 49.1. The van der Waals surface area contributed by atoms with Crippen molar-refractivity contribution in [2.24, 2.45) is 0 Å². The fraction of sp³-hybridized carbons (Fsp3) is 0.733. The molecule has 0 spiro atoms. The second-order valence-corrected chi connectivity index (χ2v) is 7.49. The molecule has 0 radical (unpaired) electrons. The Bertz CT molecular complexity index is 718. The standard InChI is InChI=1S/C15H23N3O6.H2O4S/c19-12(18-8-2-4-11(18)15(23)24)5-6-16-14(22)10-3-1-7-17(10)9-13(20)21;1-5(2,3)4/h10-11H,1-9H2,(H,16,22)(H,20,21)(H,23,24);(H2,1,2,3,4)/t10-,11-;/m0./s1. The summed E-state index contributed by atoms with van der Waals surface area (Å²) in [5.74, 6) is -2.54. The van der Waals surface area contributed by atoms with E-state index in [1.165, 1.54) is 4.90 Å². The first-order chi connectivity index (χ1) is 13.4. The Kier molecular flexibility index (Phi) is 9.42. The Morgan fingerprint density at radius 1 is 0.966 bits per heavy atom. The quantitative estimate of drug-likeness (QED) is 0.288. The van der Waals surface area contributed by atoms with Crippen molar-refractivity contribution in [3.63, 3.8) is 0 Å². The molecule has 0 aromatic carbocycles. The molecule has 0 aromatic rings. The molecule has 29 heavy (non-hydrogen) atoms. The van der Waals surface area contributed by atoms with Crippen LogP contribution in [-0.4, -0.2) is 99.6 Å². The van der Waals surface area contributed by atoms with Gasteiger partial charge in [0.2, 0.25) is 11.8 Å². The lowest BCUT2D eigenvalue weighted by Gasteiger charge is -2.23. The number of nitrogens with one attached hydrogen (secondary N) is 1. The van der Waals surface area contributed by atoms with Gasteiger partial charge in [0.1, 0.15) is 6.04 Å². The third-order valence-corrected chi connectivity index (χ3v) is 4.50. The van der Waals surface area contributed by atoms with Crippen molar-refractivity contribution in [3.05, 3.63) is 0 Å². The summed E-state index contributed by atoms with van der Waals surface area (Å²) in [5.41, 5.74) is 0.